The molecule has 7 rings (SSSR count). The van der Waals surface area contributed by atoms with Gasteiger partial charge in [-0.1, -0.05) is 6.07 Å². The van der Waals surface area contributed by atoms with Crippen molar-refractivity contribution in [2.75, 3.05) is 18.0 Å². The van der Waals surface area contributed by atoms with Gasteiger partial charge in [-0.2, -0.15) is 4.80 Å². The predicted molar refractivity (Wildman–Crippen MR) is 111 cm³/mol. The number of carbonyl (C=O) groups is 1. The van der Waals surface area contributed by atoms with E-state index in [0.717, 1.165) is 63.9 Å². The number of nitrogens with zero attached hydrogens (tertiary/aromatic N) is 6. The van der Waals surface area contributed by atoms with Gasteiger partial charge in [-0.25, -0.2) is 4.98 Å². The predicted octanol–water partition coefficient (Wildman–Crippen LogP) is 2.15. The molecule has 3 atom stereocenters. The molecule has 5 aliphatic rings. The molecule has 0 radical (unpaired) electrons. The minimum atomic E-state index is -0.109. The lowest BCUT2D eigenvalue weighted by Crippen LogP contribution is -2.67. The first-order valence-electron chi connectivity index (χ1n) is 11.3. The van der Waals surface area contributed by atoms with E-state index >= 15 is 0 Å². The van der Waals surface area contributed by atoms with Crippen molar-refractivity contribution in [2.45, 2.75) is 62.4 Å². The number of rotatable bonds is 4. The number of nitrogens with one attached hydrogen (secondary N) is 1. The van der Waals surface area contributed by atoms with E-state index in [1.54, 1.807) is 0 Å². The molecule has 1 saturated heterocycles. The highest BCUT2D eigenvalue weighted by molar-refractivity contribution is 5.80. The summed E-state index contributed by atoms with van der Waals surface area (Å²) in [5.41, 5.74) is -0.178. The zero-order chi connectivity index (χ0) is 20.2. The van der Waals surface area contributed by atoms with Gasteiger partial charge in [0.2, 0.25) is 5.91 Å². The van der Waals surface area contributed by atoms with E-state index in [2.05, 4.69) is 30.6 Å². The Labute approximate surface area is 176 Å². The first kappa shape index (κ1) is 18.3. The maximum absolute atomic E-state index is 13.4. The van der Waals surface area contributed by atoms with Crippen LogP contribution in [0.4, 0.5) is 5.82 Å². The van der Waals surface area contributed by atoms with E-state index < -0.39 is 0 Å². The third kappa shape index (κ3) is 2.99. The highest BCUT2D eigenvalue weighted by Crippen LogP contribution is 2.60. The molecule has 2 aromatic heterocycles. The first-order valence-corrected chi connectivity index (χ1v) is 11.3. The molecule has 4 aliphatic carbocycles. The molecular formula is C22H29N7O. The first-order chi connectivity index (χ1) is 14.6. The van der Waals surface area contributed by atoms with Gasteiger partial charge < -0.3 is 10.2 Å². The second-order valence-electron chi connectivity index (χ2n) is 10.2. The fraction of sp³-hybridized carbons (Fsp3) is 0.682. The molecule has 4 saturated carbocycles. The van der Waals surface area contributed by atoms with Crippen molar-refractivity contribution in [3.05, 3.63) is 30.7 Å². The van der Waals surface area contributed by atoms with Crippen molar-refractivity contribution in [1.82, 2.24) is 30.5 Å². The van der Waals surface area contributed by atoms with Gasteiger partial charge in [0, 0.05) is 24.8 Å². The maximum atomic E-state index is 13.4. The molecule has 30 heavy (non-hydrogen) atoms. The summed E-state index contributed by atoms with van der Waals surface area (Å²) < 4.78 is 0. The molecular weight excluding hydrogens is 378 g/mol. The molecule has 3 heterocycles. The van der Waals surface area contributed by atoms with Crippen molar-refractivity contribution in [2.24, 2.45) is 17.8 Å². The summed E-state index contributed by atoms with van der Waals surface area (Å²) in [7, 11) is 0. The van der Waals surface area contributed by atoms with Crippen LogP contribution >= 0.6 is 0 Å². The van der Waals surface area contributed by atoms with Gasteiger partial charge in [-0.3, -0.25) is 4.79 Å². The minimum Gasteiger partial charge on any atom is -0.356 e. The summed E-state index contributed by atoms with van der Waals surface area (Å²) in [4.78, 5) is 22.0. The Kier molecular flexibility index (Phi) is 4.11. The highest BCUT2D eigenvalue weighted by atomic mass is 16.2. The summed E-state index contributed by atoms with van der Waals surface area (Å²) in [5, 5.41) is 16.3. The summed E-state index contributed by atoms with van der Waals surface area (Å²) >= 11 is 0. The summed E-state index contributed by atoms with van der Waals surface area (Å²) in [5.74, 6) is 2.51. The van der Waals surface area contributed by atoms with Crippen molar-refractivity contribution >= 4 is 11.7 Å². The van der Waals surface area contributed by atoms with Gasteiger partial charge >= 0.3 is 0 Å². The lowest BCUT2D eigenvalue weighted by atomic mass is 9.50. The van der Waals surface area contributed by atoms with E-state index in [1.165, 1.54) is 12.7 Å². The Morgan fingerprint density at radius 1 is 1.17 bits per heavy atom. The number of piperidine rings is 1. The van der Waals surface area contributed by atoms with Crippen LogP contribution in [0.15, 0.2) is 30.7 Å². The molecule has 1 aliphatic heterocycles. The van der Waals surface area contributed by atoms with Crippen molar-refractivity contribution in [1.29, 1.82) is 0 Å². The van der Waals surface area contributed by atoms with Gasteiger partial charge in [-0.15, -0.1) is 10.2 Å². The van der Waals surface area contributed by atoms with E-state index in [0.29, 0.717) is 11.8 Å². The Hall–Kier alpha value is -2.51. The van der Waals surface area contributed by atoms with Crippen LogP contribution in [0, 0.1) is 17.8 Å². The molecule has 4 bridgehead atoms. The van der Waals surface area contributed by atoms with Crippen LogP contribution in [0.25, 0.3) is 0 Å². The zero-order valence-electron chi connectivity index (χ0n) is 17.3. The SMILES string of the molecule is O=C(NC12CC3CC(C1)CC(n1ncnn1)(C3)C2)C1CCCN(c2ccccn2)C1. The van der Waals surface area contributed by atoms with Crippen LogP contribution in [0.3, 0.4) is 0 Å². The van der Waals surface area contributed by atoms with Crippen molar-refractivity contribution in [3.63, 3.8) is 0 Å². The standard InChI is InChI=1S/C22H29N7O/c30-20(18-4-3-7-28(13-18)19-5-1-2-6-23-19)26-21-9-16-8-17(10-21)12-22(11-16,14-21)29-25-15-24-27-29/h1-2,5-6,15-18H,3-4,7-14H2,(H,26,30). The third-order valence-corrected chi connectivity index (χ3v) is 7.96. The lowest BCUT2D eigenvalue weighted by Gasteiger charge is -2.61. The van der Waals surface area contributed by atoms with Crippen LogP contribution in [-0.4, -0.2) is 49.7 Å². The molecule has 0 aromatic carbocycles. The summed E-state index contributed by atoms with van der Waals surface area (Å²) in [6, 6.07) is 5.98. The number of carbonyl (C=O) groups excluding carboxylic acids is 1. The van der Waals surface area contributed by atoms with Gasteiger partial charge in [0.15, 0.2) is 6.33 Å². The second kappa shape index (κ2) is 6.75. The fourth-order valence-corrected chi connectivity index (χ4v) is 7.28. The minimum absolute atomic E-state index is 0.0224. The van der Waals surface area contributed by atoms with Crippen LogP contribution in [-0.2, 0) is 10.3 Å². The number of tetrazole rings is 1. The van der Waals surface area contributed by atoms with E-state index in [-0.39, 0.29) is 22.9 Å². The fourth-order valence-electron chi connectivity index (χ4n) is 7.28. The number of hydrogen-bond donors (Lipinski definition) is 1. The van der Waals surface area contributed by atoms with Crippen molar-refractivity contribution in [3.8, 4) is 0 Å². The quantitative estimate of drug-likeness (QED) is 0.835. The molecule has 0 spiro atoms. The summed E-state index contributed by atoms with van der Waals surface area (Å²) in [6.45, 7) is 1.72. The van der Waals surface area contributed by atoms with Gasteiger partial charge in [0.05, 0.1) is 11.5 Å². The molecule has 8 heteroatoms. The molecule has 158 valence electrons. The Bertz CT molecular complexity index is 901. The number of pyridine rings is 1. The van der Waals surface area contributed by atoms with Gasteiger partial charge in [0.1, 0.15) is 5.82 Å². The Morgan fingerprint density at radius 2 is 2.03 bits per heavy atom. The monoisotopic (exact) mass is 407 g/mol. The third-order valence-electron chi connectivity index (χ3n) is 7.96. The summed E-state index contributed by atoms with van der Waals surface area (Å²) in [6.07, 6.45) is 12.0. The maximum Gasteiger partial charge on any atom is 0.225 e. The second-order valence-corrected chi connectivity index (χ2v) is 10.2. The van der Waals surface area contributed by atoms with Crippen LogP contribution in [0.1, 0.15) is 51.4 Å². The van der Waals surface area contributed by atoms with Gasteiger partial charge in [0.25, 0.3) is 0 Å². The topological polar surface area (TPSA) is 88.8 Å². The Morgan fingerprint density at radius 3 is 2.77 bits per heavy atom. The number of hydrogen-bond acceptors (Lipinski definition) is 6. The van der Waals surface area contributed by atoms with Gasteiger partial charge in [-0.05, 0) is 80.5 Å². The normalized spacial score (nSPS) is 37.3. The average molecular weight is 408 g/mol. The van der Waals surface area contributed by atoms with Crippen LogP contribution < -0.4 is 10.2 Å². The number of aromatic nitrogens is 5. The molecule has 5 fully saturated rings. The molecule has 8 nitrogen and oxygen atoms in total. The smallest absolute Gasteiger partial charge is 0.225 e. The average Bonchev–Trinajstić information content (AvgIpc) is 3.29. The molecule has 1 amide bonds. The highest BCUT2D eigenvalue weighted by Gasteiger charge is 2.60. The largest absolute Gasteiger partial charge is 0.356 e. The Balaban J connectivity index is 1.20. The van der Waals surface area contributed by atoms with Crippen LogP contribution in [0.2, 0.25) is 0 Å². The van der Waals surface area contributed by atoms with Crippen LogP contribution in [0.5, 0.6) is 0 Å². The lowest BCUT2D eigenvalue weighted by molar-refractivity contribution is -0.135. The molecule has 1 N–H and O–H groups in total. The number of amides is 1. The molecule has 3 unspecified atom stereocenters. The molecule has 2 aromatic rings. The van der Waals surface area contributed by atoms with E-state index in [1.807, 2.05) is 29.2 Å². The zero-order valence-corrected chi connectivity index (χ0v) is 17.3. The van der Waals surface area contributed by atoms with Crippen molar-refractivity contribution < 1.29 is 4.79 Å². The number of anilines is 1. The van der Waals surface area contributed by atoms with E-state index in [4.69, 9.17) is 0 Å². The van der Waals surface area contributed by atoms with E-state index in [9.17, 15) is 4.79 Å².